The summed E-state index contributed by atoms with van der Waals surface area (Å²) in [7, 11) is 0. The molecule has 0 bridgehead atoms. The van der Waals surface area contributed by atoms with Crippen molar-refractivity contribution in [3.8, 4) is 0 Å². The van der Waals surface area contributed by atoms with Crippen LogP contribution in [0.3, 0.4) is 0 Å². The molecule has 2 rings (SSSR count). The smallest absolute Gasteiger partial charge is 0.325 e. The molecule has 0 saturated heterocycles. The van der Waals surface area contributed by atoms with E-state index in [1.807, 2.05) is 35.0 Å². The molecule has 0 fully saturated rings. The Morgan fingerprint density at radius 1 is 1.44 bits per heavy atom. The van der Waals surface area contributed by atoms with Crippen molar-refractivity contribution in [2.45, 2.75) is 13.5 Å². The Labute approximate surface area is 98.6 Å². The van der Waals surface area contributed by atoms with Gasteiger partial charge in [0.05, 0.1) is 12.1 Å². The van der Waals surface area contributed by atoms with Gasteiger partial charge in [0, 0.05) is 11.2 Å². The fourth-order valence-corrected chi connectivity index (χ4v) is 1.81. The third kappa shape index (κ3) is 2.19. The van der Waals surface area contributed by atoms with Crippen LogP contribution < -0.4 is 0 Å². The molecule has 16 heavy (non-hydrogen) atoms. The fourth-order valence-electron chi connectivity index (χ4n) is 1.64. The minimum absolute atomic E-state index is 0.220. The van der Waals surface area contributed by atoms with Gasteiger partial charge in [0.15, 0.2) is 0 Å². The quantitative estimate of drug-likeness (QED) is 0.769. The molecule has 0 atom stereocenters. The lowest BCUT2D eigenvalue weighted by Crippen LogP contribution is -2.12. The molecule has 0 spiro atoms. The lowest BCUT2D eigenvalue weighted by Gasteiger charge is -2.05. The zero-order valence-electron chi connectivity index (χ0n) is 8.94. The van der Waals surface area contributed by atoms with Gasteiger partial charge < -0.3 is 9.30 Å². The molecule has 0 aliphatic carbocycles. The first-order chi connectivity index (χ1) is 7.70. The van der Waals surface area contributed by atoms with Crippen molar-refractivity contribution in [1.29, 1.82) is 0 Å². The summed E-state index contributed by atoms with van der Waals surface area (Å²) in [4.78, 5) is 11.4. The van der Waals surface area contributed by atoms with E-state index in [4.69, 9.17) is 16.3 Å². The van der Waals surface area contributed by atoms with Crippen molar-refractivity contribution in [2.24, 2.45) is 0 Å². The third-order valence-corrected chi connectivity index (χ3v) is 2.58. The van der Waals surface area contributed by atoms with Gasteiger partial charge in [0.1, 0.15) is 6.54 Å². The van der Waals surface area contributed by atoms with Crippen LogP contribution >= 0.6 is 11.6 Å². The Morgan fingerprint density at radius 2 is 2.25 bits per heavy atom. The Bertz CT molecular complexity index is 519. The molecule has 2 aromatic rings. The van der Waals surface area contributed by atoms with E-state index in [-0.39, 0.29) is 12.5 Å². The normalized spacial score (nSPS) is 10.6. The molecular formula is C12H12ClNO2. The summed E-state index contributed by atoms with van der Waals surface area (Å²) in [5.74, 6) is -0.236. The number of benzene rings is 1. The second-order valence-electron chi connectivity index (χ2n) is 3.45. The van der Waals surface area contributed by atoms with E-state index in [9.17, 15) is 4.79 Å². The van der Waals surface area contributed by atoms with Crippen LogP contribution in [0.2, 0.25) is 5.02 Å². The second kappa shape index (κ2) is 4.58. The van der Waals surface area contributed by atoms with Gasteiger partial charge >= 0.3 is 5.97 Å². The highest BCUT2D eigenvalue weighted by molar-refractivity contribution is 6.31. The molecule has 0 aliphatic heterocycles. The summed E-state index contributed by atoms with van der Waals surface area (Å²) in [6.45, 7) is 2.42. The number of hydrogen-bond donors (Lipinski definition) is 0. The molecule has 1 aromatic carbocycles. The van der Waals surface area contributed by atoms with E-state index in [1.165, 1.54) is 0 Å². The molecule has 84 valence electrons. The monoisotopic (exact) mass is 237 g/mol. The minimum Gasteiger partial charge on any atom is -0.465 e. The predicted molar refractivity (Wildman–Crippen MR) is 63.6 cm³/mol. The standard InChI is InChI=1S/C12H12ClNO2/c1-2-16-12(15)8-14-6-5-9-3-4-10(13)7-11(9)14/h3-7H,2,8H2,1H3. The summed E-state index contributed by atoms with van der Waals surface area (Å²) < 4.78 is 6.73. The molecule has 0 aliphatic rings. The number of aromatic nitrogens is 1. The van der Waals surface area contributed by atoms with E-state index in [0.717, 1.165) is 10.9 Å². The van der Waals surface area contributed by atoms with Crippen molar-refractivity contribution in [2.75, 3.05) is 6.61 Å². The van der Waals surface area contributed by atoms with Gasteiger partial charge in [0.25, 0.3) is 0 Å². The van der Waals surface area contributed by atoms with E-state index < -0.39 is 0 Å². The highest BCUT2D eigenvalue weighted by Gasteiger charge is 2.06. The van der Waals surface area contributed by atoms with Gasteiger partial charge in [-0.3, -0.25) is 4.79 Å². The Hall–Kier alpha value is -1.48. The number of rotatable bonds is 3. The molecular weight excluding hydrogens is 226 g/mol. The van der Waals surface area contributed by atoms with Crippen molar-refractivity contribution in [1.82, 2.24) is 4.57 Å². The van der Waals surface area contributed by atoms with Crippen LogP contribution in [0.5, 0.6) is 0 Å². The molecule has 0 unspecified atom stereocenters. The SMILES string of the molecule is CCOC(=O)Cn1ccc2ccc(Cl)cc21. The lowest BCUT2D eigenvalue weighted by atomic mass is 10.2. The van der Waals surface area contributed by atoms with Gasteiger partial charge in [-0.05, 0) is 30.5 Å². The largest absolute Gasteiger partial charge is 0.465 e. The van der Waals surface area contributed by atoms with Crippen molar-refractivity contribution in [3.05, 3.63) is 35.5 Å². The molecule has 3 nitrogen and oxygen atoms in total. The maximum absolute atomic E-state index is 11.4. The molecule has 0 amide bonds. The van der Waals surface area contributed by atoms with Gasteiger partial charge in [-0.1, -0.05) is 17.7 Å². The number of halogens is 1. The van der Waals surface area contributed by atoms with Crippen molar-refractivity contribution >= 4 is 28.5 Å². The average Bonchev–Trinajstić information content (AvgIpc) is 2.61. The summed E-state index contributed by atoms with van der Waals surface area (Å²) in [5.41, 5.74) is 0.945. The lowest BCUT2D eigenvalue weighted by molar-refractivity contribution is -0.143. The first-order valence-electron chi connectivity index (χ1n) is 5.10. The predicted octanol–water partition coefficient (Wildman–Crippen LogP) is 2.86. The highest BCUT2D eigenvalue weighted by Crippen LogP contribution is 2.20. The average molecular weight is 238 g/mol. The zero-order valence-corrected chi connectivity index (χ0v) is 9.70. The van der Waals surface area contributed by atoms with Gasteiger partial charge in [0.2, 0.25) is 0 Å². The van der Waals surface area contributed by atoms with Crippen LogP contribution in [-0.2, 0) is 16.1 Å². The van der Waals surface area contributed by atoms with E-state index in [0.29, 0.717) is 11.6 Å². The van der Waals surface area contributed by atoms with Crippen LogP contribution in [0, 0.1) is 0 Å². The number of carbonyl (C=O) groups is 1. The van der Waals surface area contributed by atoms with E-state index >= 15 is 0 Å². The highest BCUT2D eigenvalue weighted by atomic mass is 35.5. The topological polar surface area (TPSA) is 31.2 Å². The number of ether oxygens (including phenoxy) is 1. The van der Waals surface area contributed by atoms with Gasteiger partial charge in [-0.2, -0.15) is 0 Å². The van der Waals surface area contributed by atoms with Gasteiger partial charge in [-0.15, -0.1) is 0 Å². The Balaban J connectivity index is 2.30. The molecule has 1 aromatic heterocycles. The first kappa shape index (κ1) is 11.0. The fraction of sp³-hybridized carbons (Fsp3) is 0.250. The number of hydrogen-bond acceptors (Lipinski definition) is 2. The van der Waals surface area contributed by atoms with Crippen LogP contribution in [0.4, 0.5) is 0 Å². The number of nitrogens with zero attached hydrogens (tertiary/aromatic N) is 1. The van der Waals surface area contributed by atoms with E-state index in [1.54, 1.807) is 6.92 Å². The first-order valence-corrected chi connectivity index (χ1v) is 5.48. The third-order valence-electron chi connectivity index (χ3n) is 2.34. The zero-order chi connectivity index (χ0) is 11.5. The van der Waals surface area contributed by atoms with Gasteiger partial charge in [-0.25, -0.2) is 0 Å². The molecule has 4 heteroatoms. The molecule has 0 saturated carbocycles. The summed E-state index contributed by atoms with van der Waals surface area (Å²) >= 11 is 5.92. The van der Waals surface area contributed by atoms with Crippen molar-refractivity contribution < 1.29 is 9.53 Å². The molecule has 1 heterocycles. The van der Waals surface area contributed by atoms with Crippen LogP contribution in [0.25, 0.3) is 10.9 Å². The number of esters is 1. The van der Waals surface area contributed by atoms with Crippen LogP contribution in [0.15, 0.2) is 30.5 Å². The molecule has 0 N–H and O–H groups in total. The second-order valence-corrected chi connectivity index (χ2v) is 3.89. The van der Waals surface area contributed by atoms with Crippen LogP contribution in [-0.4, -0.2) is 17.1 Å². The summed E-state index contributed by atoms with van der Waals surface area (Å²) in [6.07, 6.45) is 1.86. The number of fused-ring (bicyclic) bond motifs is 1. The summed E-state index contributed by atoms with van der Waals surface area (Å²) in [6, 6.07) is 7.55. The molecule has 0 radical (unpaired) electrons. The van der Waals surface area contributed by atoms with Crippen LogP contribution in [0.1, 0.15) is 6.92 Å². The van der Waals surface area contributed by atoms with Crippen molar-refractivity contribution in [3.63, 3.8) is 0 Å². The van der Waals surface area contributed by atoms with E-state index in [2.05, 4.69) is 0 Å². The maximum atomic E-state index is 11.4. The Kier molecular flexibility index (Phi) is 3.15. The maximum Gasteiger partial charge on any atom is 0.325 e. The Morgan fingerprint density at radius 3 is 3.00 bits per heavy atom. The minimum atomic E-state index is -0.236. The summed E-state index contributed by atoms with van der Waals surface area (Å²) in [5, 5.41) is 1.73. The number of carbonyl (C=O) groups excluding carboxylic acids is 1.